The number of carbonyl (C=O) groups excluding carboxylic acids is 1. The van der Waals surface area contributed by atoms with Gasteiger partial charge in [0.05, 0.1) is 26.6 Å². The molecule has 0 N–H and O–H groups in total. The molecule has 0 bridgehead atoms. The van der Waals surface area contributed by atoms with Gasteiger partial charge in [-0.3, -0.25) is 4.79 Å². The van der Waals surface area contributed by atoms with Crippen molar-refractivity contribution in [1.82, 2.24) is 10.1 Å². The van der Waals surface area contributed by atoms with Gasteiger partial charge < -0.3 is 14.3 Å². The van der Waals surface area contributed by atoms with Crippen molar-refractivity contribution in [2.45, 2.75) is 20.4 Å². The number of carbonyl (C=O) groups is 1. The number of aromatic nitrogens is 2. The average molecular weight is 447 g/mol. The fourth-order valence-electron chi connectivity index (χ4n) is 3.37. The van der Waals surface area contributed by atoms with Gasteiger partial charge in [0.2, 0.25) is 17.6 Å². The Kier molecular flexibility index (Phi) is 5.01. The molecule has 1 aliphatic rings. The van der Waals surface area contributed by atoms with Crippen LogP contribution in [0, 0.1) is 5.92 Å². The molecule has 4 rings (SSSR count). The highest BCUT2D eigenvalue weighted by atomic mass is 79.9. The number of nitrogens with zero attached hydrogens (tertiary/aromatic N) is 4. The average Bonchev–Trinajstić information content (AvgIpc) is 3.24. The van der Waals surface area contributed by atoms with Crippen molar-refractivity contribution in [3.05, 3.63) is 46.1 Å². The van der Waals surface area contributed by atoms with Crippen LogP contribution in [0.1, 0.15) is 19.7 Å². The second kappa shape index (κ2) is 7.44. The first-order valence-electron chi connectivity index (χ1n) is 8.71. The van der Waals surface area contributed by atoms with E-state index in [0.717, 1.165) is 26.6 Å². The number of thiophene rings is 1. The highest BCUT2D eigenvalue weighted by molar-refractivity contribution is 9.11. The Balaban J connectivity index is 1.64. The van der Waals surface area contributed by atoms with Crippen LogP contribution in [0.4, 0.5) is 11.4 Å². The second-order valence-electron chi connectivity index (χ2n) is 6.72. The normalized spacial score (nSPS) is 16.9. The van der Waals surface area contributed by atoms with Gasteiger partial charge in [0, 0.05) is 20.0 Å². The molecule has 140 valence electrons. The van der Waals surface area contributed by atoms with Gasteiger partial charge in [-0.05, 0) is 46.1 Å². The summed E-state index contributed by atoms with van der Waals surface area (Å²) in [6, 6.07) is 11.9. The first kappa shape index (κ1) is 18.2. The number of hydrogen-bond donors (Lipinski definition) is 0. The number of halogens is 1. The van der Waals surface area contributed by atoms with Gasteiger partial charge in [-0.15, -0.1) is 11.3 Å². The predicted octanol–water partition coefficient (Wildman–Crippen LogP) is 4.57. The molecular weight excluding hydrogens is 428 g/mol. The van der Waals surface area contributed by atoms with E-state index < -0.39 is 0 Å². The van der Waals surface area contributed by atoms with Crippen molar-refractivity contribution in [2.24, 2.45) is 5.92 Å². The number of para-hydroxylation sites is 2. The third-order valence-electron chi connectivity index (χ3n) is 4.51. The van der Waals surface area contributed by atoms with Gasteiger partial charge in [0.1, 0.15) is 0 Å². The lowest BCUT2D eigenvalue weighted by atomic mass is 10.1. The third-order valence-corrected chi connectivity index (χ3v) is 6.13. The number of fused-ring (bicyclic) bond motifs is 1. The Bertz CT molecular complexity index is 970. The summed E-state index contributed by atoms with van der Waals surface area (Å²) in [5.74, 6) is 1.53. The van der Waals surface area contributed by atoms with E-state index in [1.807, 2.05) is 41.3 Å². The van der Waals surface area contributed by atoms with Crippen LogP contribution in [0.25, 0.3) is 10.7 Å². The van der Waals surface area contributed by atoms with Gasteiger partial charge in [0.15, 0.2) is 0 Å². The van der Waals surface area contributed by atoms with Crippen molar-refractivity contribution >= 4 is 44.5 Å². The lowest BCUT2D eigenvalue weighted by Gasteiger charge is -2.25. The Labute approximate surface area is 169 Å². The van der Waals surface area contributed by atoms with E-state index in [0.29, 0.717) is 30.7 Å². The molecule has 0 saturated carbocycles. The van der Waals surface area contributed by atoms with Crippen LogP contribution in [0.2, 0.25) is 0 Å². The van der Waals surface area contributed by atoms with Crippen LogP contribution in [-0.2, 0) is 11.3 Å². The first-order chi connectivity index (χ1) is 13.0. The molecule has 0 fully saturated rings. The Hall–Kier alpha value is -2.19. The maximum Gasteiger partial charge on any atom is 0.246 e. The van der Waals surface area contributed by atoms with Gasteiger partial charge in [-0.25, -0.2) is 0 Å². The molecule has 0 aliphatic carbocycles. The van der Waals surface area contributed by atoms with Crippen LogP contribution in [0.5, 0.6) is 0 Å². The first-order valence-corrected chi connectivity index (χ1v) is 10.3. The molecular formula is C19H19BrN4O2S. The third kappa shape index (κ3) is 3.77. The standard InChI is InChI=1S/C19H19BrN4O2S/c1-12-9-23(14-5-3-4-6-15(14)24(10-12)13(2)25)11-18-21-19(22-26-18)16-7-8-17(20)27-16/h3-8,12H,9-11H2,1-2H3/t12-/m0/s1. The monoisotopic (exact) mass is 446 g/mol. The number of rotatable bonds is 3. The lowest BCUT2D eigenvalue weighted by Crippen LogP contribution is -2.33. The van der Waals surface area contributed by atoms with E-state index >= 15 is 0 Å². The number of anilines is 2. The van der Waals surface area contributed by atoms with E-state index in [9.17, 15) is 4.79 Å². The van der Waals surface area contributed by atoms with E-state index in [1.54, 1.807) is 18.3 Å². The van der Waals surface area contributed by atoms with Gasteiger partial charge in [-0.1, -0.05) is 24.2 Å². The van der Waals surface area contributed by atoms with Crippen molar-refractivity contribution < 1.29 is 9.32 Å². The maximum atomic E-state index is 12.2. The topological polar surface area (TPSA) is 62.5 Å². The van der Waals surface area contributed by atoms with Gasteiger partial charge in [0.25, 0.3) is 0 Å². The van der Waals surface area contributed by atoms with Crippen LogP contribution in [0.3, 0.4) is 0 Å². The fraction of sp³-hybridized carbons (Fsp3) is 0.316. The predicted molar refractivity (Wildman–Crippen MR) is 110 cm³/mol. The minimum Gasteiger partial charge on any atom is -0.360 e. The Morgan fingerprint density at radius 1 is 1.26 bits per heavy atom. The summed E-state index contributed by atoms with van der Waals surface area (Å²) in [5, 5.41) is 4.12. The highest BCUT2D eigenvalue weighted by Gasteiger charge is 2.27. The van der Waals surface area contributed by atoms with E-state index in [1.165, 1.54) is 0 Å². The summed E-state index contributed by atoms with van der Waals surface area (Å²) < 4.78 is 6.54. The summed E-state index contributed by atoms with van der Waals surface area (Å²) in [7, 11) is 0. The van der Waals surface area contributed by atoms with Crippen LogP contribution in [0.15, 0.2) is 44.7 Å². The molecule has 0 spiro atoms. The zero-order valence-corrected chi connectivity index (χ0v) is 17.5. The molecule has 3 aromatic rings. The van der Waals surface area contributed by atoms with Crippen molar-refractivity contribution in [2.75, 3.05) is 22.9 Å². The molecule has 8 heteroatoms. The van der Waals surface area contributed by atoms with Crippen molar-refractivity contribution in [3.63, 3.8) is 0 Å². The molecule has 0 radical (unpaired) electrons. The van der Waals surface area contributed by atoms with E-state index in [2.05, 4.69) is 37.9 Å². The van der Waals surface area contributed by atoms with Crippen LogP contribution >= 0.6 is 27.3 Å². The van der Waals surface area contributed by atoms with Crippen molar-refractivity contribution in [3.8, 4) is 10.7 Å². The molecule has 2 aromatic heterocycles. The lowest BCUT2D eigenvalue weighted by molar-refractivity contribution is -0.116. The molecule has 0 unspecified atom stereocenters. The quantitative estimate of drug-likeness (QED) is 0.589. The second-order valence-corrected chi connectivity index (χ2v) is 9.18. The number of hydrogen-bond acceptors (Lipinski definition) is 6. The molecule has 1 aromatic carbocycles. The molecule has 1 amide bonds. The summed E-state index contributed by atoms with van der Waals surface area (Å²) in [5.41, 5.74) is 1.94. The summed E-state index contributed by atoms with van der Waals surface area (Å²) in [4.78, 5) is 21.7. The highest BCUT2D eigenvalue weighted by Crippen LogP contribution is 2.35. The van der Waals surface area contributed by atoms with Crippen molar-refractivity contribution in [1.29, 1.82) is 0 Å². The number of benzene rings is 1. The zero-order valence-electron chi connectivity index (χ0n) is 15.1. The fourth-order valence-corrected chi connectivity index (χ4v) is 4.68. The zero-order chi connectivity index (χ0) is 19.0. The maximum absolute atomic E-state index is 12.2. The molecule has 27 heavy (non-hydrogen) atoms. The van der Waals surface area contributed by atoms with Crippen LogP contribution < -0.4 is 9.80 Å². The van der Waals surface area contributed by atoms with Crippen LogP contribution in [-0.4, -0.2) is 29.1 Å². The molecule has 1 atom stereocenters. The molecule has 1 aliphatic heterocycles. The molecule has 6 nitrogen and oxygen atoms in total. The molecule has 3 heterocycles. The van der Waals surface area contributed by atoms with E-state index in [4.69, 9.17) is 4.52 Å². The minimum absolute atomic E-state index is 0.0551. The Morgan fingerprint density at radius 3 is 2.74 bits per heavy atom. The minimum atomic E-state index is 0.0551. The SMILES string of the molecule is CC(=O)N1C[C@@H](C)CN(Cc2nc(-c3ccc(Br)s3)no2)c2ccccc21. The largest absolute Gasteiger partial charge is 0.360 e. The smallest absolute Gasteiger partial charge is 0.246 e. The number of amides is 1. The summed E-state index contributed by atoms with van der Waals surface area (Å²) >= 11 is 5.03. The molecule has 0 saturated heterocycles. The van der Waals surface area contributed by atoms with Gasteiger partial charge >= 0.3 is 0 Å². The van der Waals surface area contributed by atoms with E-state index in [-0.39, 0.29) is 5.91 Å². The summed E-state index contributed by atoms with van der Waals surface area (Å²) in [6.07, 6.45) is 0. The summed E-state index contributed by atoms with van der Waals surface area (Å²) in [6.45, 7) is 5.77. The Morgan fingerprint density at radius 2 is 2.04 bits per heavy atom. The van der Waals surface area contributed by atoms with Gasteiger partial charge in [-0.2, -0.15) is 4.98 Å².